The summed E-state index contributed by atoms with van der Waals surface area (Å²) in [7, 11) is 0. The summed E-state index contributed by atoms with van der Waals surface area (Å²) in [5.41, 5.74) is 4.14. The van der Waals surface area contributed by atoms with Crippen LogP contribution in [0.25, 0.3) is 10.9 Å². The zero-order chi connectivity index (χ0) is 20.2. The average Bonchev–Trinajstić information content (AvgIpc) is 2.76. The number of hydrogen-bond donors (Lipinski definition) is 2. The highest BCUT2D eigenvalue weighted by Crippen LogP contribution is 2.24. The Morgan fingerprint density at radius 1 is 1.00 bits per heavy atom. The van der Waals surface area contributed by atoms with Crippen molar-refractivity contribution < 1.29 is 9.80 Å². The fraction of sp³-hybridized carbons (Fsp3) is 0.304. The minimum atomic E-state index is 0.635. The number of fused-ring (bicyclic) bond motifs is 1. The van der Waals surface area contributed by atoms with E-state index in [-0.39, 0.29) is 0 Å². The highest BCUT2D eigenvalue weighted by atomic mass is 35.5. The van der Waals surface area contributed by atoms with Gasteiger partial charge in [0.1, 0.15) is 44.4 Å². The number of hydrogen-bond acceptors (Lipinski definition) is 3. The Balaban J connectivity index is 1.36. The van der Waals surface area contributed by atoms with Crippen LogP contribution in [0, 0.1) is 11.3 Å². The van der Waals surface area contributed by atoms with Gasteiger partial charge >= 0.3 is 0 Å². The van der Waals surface area contributed by atoms with E-state index in [1.165, 1.54) is 10.5 Å². The van der Waals surface area contributed by atoms with Crippen LogP contribution in [0.2, 0.25) is 5.15 Å². The van der Waals surface area contributed by atoms with E-state index in [1.54, 1.807) is 21.6 Å². The number of pyridine rings is 1. The molecule has 0 unspecified atom stereocenters. The number of quaternary nitrogens is 2. The average molecular weight is 425 g/mol. The molecule has 1 aliphatic rings. The maximum absolute atomic E-state index is 8.93. The maximum Gasteiger partial charge on any atom is 0.138 e. The number of thioether (sulfide) groups is 1. The lowest BCUT2D eigenvalue weighted by atomic mass is 10.1. The van der Waals surface area contributed by atoms with E-state index in [1.807, 2.05) is 12.1 Å². The van der Waals surface area contributed by atoms with E-state index in [0.717, 1.165) is 61.3 Å². The Morgan fingerprint density at radius 2 is 1.69 bits per heavy atom. The van der Waals surface area contributed by atoms with Gasteiger partial charge in [-0.05, 0) is 36.6 Å². The third-order valence-corrected chi connectivity index (χ3v) is 6.75. The van der Waals surface area contributed by atoms with Crippen LogP contribution in [0.3, 0.4) is 0 Å². The molecule has 2 aromatic carbocycles. The minimum absolute atomic E-state index is 0.635. The van der Waals surface area contributed by atoms with Gasteiger partial charge in [0, 0.05) is 21.4 Å². The highest BCUT2D eigenvalue weighted by molar-refractivity contribution is 7.98. The second-order valence-electron chi connectivity index (χ2n) is 7.66. The van der Waals surface area contributed by atoms with Crippen LogP contribution in [0.5, 0.6) is 0 Å². The van der Waals surface area contributed by atoms with Crippen LogP contribution in [0.4, 0.5) is 0 Å². The standard InChI is InChI=1S/C23H23ClN4S/c1-29-21-7-6-19-12-20(23(24)26-22(19)13-21)16-28-10-8-27(9-11-28)15-18-4-2-17(14-25)3-5-18/h2-7,12-13H,8-11,15-16H2,1H3/p+2. The van der Waals surface area contributed by atoms with Crippen LogP contribution >= 0.6 is 23.4 Å². The van der Waals surface area contributed by atoms with E-state index in [9.17, 15) is 0 Å². The quantitative estimate of drug-likeness (QED) is 0.486. The molecule has 1 fully saturated rings. The molecule has 0 spiro atoms. The van der Waals surface area contributed by atoms with Gasteiger partial charge in [-0.3, -0.25) is 0 Å². The van der Waals surface area contributed by atoms with Crippen LogP contribution in [-0.2, 0) is 13.1 Å². The molecule has 1 saturated heterocycles. The van der Waals surface area contributed by atoms with Crippen molar-refractivity contribution in [3.05, 3.63) is 70.4 Å². The number of nitrogens with zero attached hydrogens (tertiary/aromatic N) is 2. The van der Waals surface area contributed by atoms with Crippen LogP contribution in [-0.4, -0.2) is 37.4 Å². The lowest BCUT2D eigenvalue weighted by Gasteiger charge is -2.30. The van der Waals surface area contributed by atoms with Gasteiger partial charge in [0.2, 0.25) is 0 Å². The van der Waals surface area contributed by atoms with Crippen molar-refractivity contribution in [1.82, 2.24) is 4.98 Å². The first-order chi connectivity index (χ1) is 14.1. The van der Waals surface area contributed by atoms with Gasteiger partial charge in [0.25, 0.3) is 0 Å². The summed E-state index contributed by atoms with van der Waals surface area (Å²) in [6, 6.07) is 18.8. The lowest BCUT2D eigenvalue weighted by molar-refractivity contribution is -1.02. The topological polar surface area (TPSA) is 45.6 Å². The molecule has 4 nitrogen and oxygen atoms in total. The Morgan fingerprint density at radius 3 is 2.34 bits per heavy atom. The smallest absolute Gasteiger partial charge is 0.138 e. The molecule has 148 valence electrons. The predicted molar refractivity (Wildman–Crippen MR) is 118 cm³/mol. The third-order valence-electron chi connectivity index (χ3n) is 5.69. The molecule has 0 radical (unpaired) electrons. The predicted octanol–water partition coefficient (Wildman–Crippen LogP) is 1.97. The van der Waals surface area contributed by atoms with Gasteiger partial charge in [-0.25, -0.2) is 4.98 Å². The normalized spacial score (nSPS) is 19.2. The first-order valence-electron chi connectivity index (χ1n) is 9.94. The monoisotopic (exact) mass is 424 g/mol. The lowest BCUT2D eigenvalue weighted by Crippen LogP contribution is -3.27. The summed E-state index contributed by atoms with van der Waals surface area (Å²) >= 11 is 8.24. The molecule has 2 N–H and O–H groups in total. The molecule has 3 aromatic rings. The number of benzene rings is 2. The second kappa shape index (κ2) is 9.15. The van der Waals surface area contributed by atoms with Crippen molar-refractivity contribution >= 4 is 34.3 Å². The zero-order valence-corrected chi connectivity index (χ0v) is 18.1. The van der Waals surface area contributed by atoms with E-state index < -0.39 is 0 Å². The third kappa shape index (κ3) is 4.91. The van der Waals surface area contributed by atoms with Crippen LogP contribution in [0.1, 0.15) is 16.7 Å². The van der Waals surface area contributed by atoms with Gasteiger partial charge in [-0.1, -0.05) is 29.8 Å². The van der Waals surface area contributed by atoms with E-state index in [2.05, 4.69) is 53.7 Å². The molecule has 0 aliphatic carbocycles. The van der Waals surface area contributed by atoms with Gasteiger partial charge in [-0.2, -0.15) is 5.26 Å². The summed E-state index contributed by atoms with van der Waals surface area (Å²) in [5.74, 6) is 0. The van der Waals surface area contributed by atoms with Gasteiger partial charge in [0.05, 0.1) is 17.1 Å². The molecular formula is C23H25ClN4S+2. The summed E-state index contributed by atoms with van der Waals surface area (Å²) in [6.45, 7) is 6.50. The van der Waals surface area contributed by atoms with Crippen molar-refractivity contribution in [2.45, 2.75) is 18.0 Å². The number of rotatable bonds is 5. The largest absolute Gasteiger partial charge is 0.322 e. The van der Waals surface area contributed by atoms with Gasteiger partial charge in [0.15, 0.2) is 0 Å². The molecule has 0 atom stereocenters. The fourth-order valence-corrected chi connectivity index (χ4v) is 4.63. The Bertz CT molecular complexity index is 1040. The summed E-state index contributed by atoms with van der Waals surface area (Å²) in [6.07, 6.45) is 2.07. The Hall–Kier alpha value is -2.10. The molecule has 29 heavy (non-hydrogen) atoms. The molecule has 1 aliphatic heterocycles. The number of halogens is 1. The first-order valence-corrected chi connectivity index (χ1v) is 11.5. The molecule has 0 amide bonds. The summed E-state index contributed by atoms with van der Waals surface area (Å²) in [4.78, 5) is 9.02. The number of nitriles is 1. The zero-order valence-electron chi connectivity index (χ0n) is 16.5. The second-order valence-corrected chi connectivity index (χ2v) is 8.90. The molecule has 0 saturated carbocycles. The van der Waals surface area contributed by atoms with E-state index >= 15 is 0 Å². The van der Waals surface area contributed by atoms with Gasteiger partial charge < -0.3 is 9.80 Å². The minimum Gasteiger partial charge on any atom is -0.322 e. The maximum atomic E-state index is 8.93. The van der Waals surface area contributed by atoms with Crippen LogP contribution < -0.4 is 9.80 Å². The Kier molecular flexibility index (Phi) is 6.37. The fourth-order valence-electron chi connectivity index (χ4n) is 3.98. The summed E-state index contributed by atoms with van der Waals surface area (Å²) < 4.78 is 0. The Labute approximate surface area is 181 Å². The van der Waals surface area contributed by atoms with Crippen molar-refractivity contribution in [3.8, 4) is 6.07 Å². The van der Waals surface area contributed by atoms with Gasteiger partial charge in [-0.15, -0.1) is 11.8 Å². The molecular weight excluding hydrogens is 400 g/mol. The number of piperazine rings is 1. The van der Waals surface area contributed by atoms with Crippen molar-refractivity contribution in [2.24, 2.45) is 0 Å². The molecule has 0 bridgehead atoms. The van der Waals surface area contributed by atoms with E-state index in [0.29, 0.717) is 5.15 Å². The SMILES string of the molecule is CSc1ccc2cc(C[NH+]3CC[NH+](Cc4ccc(C#N)cc4)CC3)c(Cl)nc2c1. The molecule has 1 aromatic heterocycles. The van der Waals surface area contributed by atoms with E-state index in [4.69, 9.17) is 16.9 Å². The number of nitrogens with one attached hydrogen (secondary N) is 2. The first kappa shape index (κ1) is 20.2. The summed E-state index contributed by atoms with van der Waals surface area (Å²) in [5, 5.41) is 10.7. The number of aromatic nitrogens is 1. The van der Waals surface area contributed by atoms with Crippen molar-refractivity contribution in [3.63, 3.8) is 0 Å². The van der Waals surface area contributed by atoms with Crippen molar-refractivity contribution in [2.75, 3.05) is 32.4 Å². The van der Waals surface area contributed by atoms with Crippen molar-refractivity contribution in [1.29, 1.82) is 5.26 Å². The van der Waals surface area contributed by atoms with Crippen LogP contribution in [0.15, 0.2) is 53.4 Å². The highest BCUT2D eigenvalue weighted by Gasteiger charge is 2.24. The molecule has 6 heteroatoms. The molecule has 4 rings (SSSR count). The molecule has 2 heterocycles.